The van der Waals surface area contributed by atoms with Gasteiger partial charge in [-0.05, 0) is 36.2 Å². The zero-order valence-electron chi connectivity index (χ0n) is 24.1. The molecule has 45 heavy (non-hydrogen) atoms. The van der Waals surface area contributed by atoms with E-state index >= 15 is 0 Å². The number of anilines is 1. The number of aromatic nitrogens is 1. The lowest BCUT2D eigenvalue weighted by molar-refractivity contribution is -0.138. The monoisotopic (exact) mass is 615 g/mol. The van der Waals surface area contributed by atoms with E-state index in [4.69, 9.17) is 9.73 Å². The zero-order valence-corrected chi connectivity index (χ0v) is 25.0. The molecule has 0 saturated heterocycles. The molecule has 4 aromatic carbocycles. The number of hydrogen-bond donors (Lipinski definition) is 0. The van der Waals surface area contributed by atoms with Gasteiger partial charge in [0.25, 0.3) is 11.5 Å². The molecule has 3 heterocycles. The molecular formula is C36H26FN3O4S. The van der Waals surface area contributed by atoms with E-state index in [0.717, 1.165) is 16.9 Å². The quantitative estimate of drug-likeness (QED) is 0.252. The van der Waals surface area contributed by atoms with E-state index < -0.39 is 23.4 Å². The summed E-state index contributed by atoms with van der Waals surface area (Å²) in [6, 6.07) is 30.9. The van der Waals surface area contributed by atoms with Crippen LogP contribution in [-0.4, -0.2) is 23.1 Å². The number of carbonyl (C=O) groups is 2. The lowest BCUT2D eigenvalue weighted by Crippen LogP contribution is -2.41. The van der Waals surface area contributed by atoms with E-state index in [1.165, 1.54) is 16.7 Å². The maximum Gasteiger partial charge on any atom is 0.338 e. The second-order valence-electron chi connectivity index (χ2n) is 10.6. The molecule has 2 aliphatic rings. The van der Waals surface area contributed by atoms with Crippen LogP contribution >= 0.6 is 11.3 Å². The summed E-state index contributed by atoms with van der Waals surface area (Å²) in [7, 11) is 0. The molecule has 0 aliphatic carbocycles. The minimum Gasteiger partial charge on any atom is -0.463 e. The standard InChI is InChI=1S/C36H26FN3O4S/c1-2-44-35(43)29-30(23-13-7-4-8-14-23)38-36-40(31(29)24-17-19-25(37)20-18-24)34(42)32(45-36)28-26-15-9-10-16-27(26)39(33(28)41)21-22-11-5-3-6-12-22/h3-20,31H,2,21H2,1H3/b32-28-/t31-/m0/s1. The number of esters is 1. The van der Waals surface area contributed by atoms with Gasteiger partial charge in [-0.3, -0.25) is 14.2 Å². The average molecular weight is 616 g/mol. The van der Waals surface area contributed by atoms with Crippen molar-refractivity contribution in [2.45, 2.75) is 19.5 Å². The molecule has 0 radical (unpaired) electrons. The van der Waals surface area contributed by atoms with Crippen LogP contribution in [-0.2, 0) is 20.9 Å². The summed E-state index contributed by atoms with van der Waals surface area (Å²) in [5, 5.41) is 0. The number of para-hydroxylation sites is 1. The van der Waals surface area contributed by atoms with Crippen LogP contribution in [0.4, 0.5) is 10.1 Å². The molecule has 0 N–H and O–H groups in total. The van der Waals surface area contributed by atoms with Crippen LogP contribution in [0.5, 0.6) is 0 Å². The van der Waals surface area contributed by atoms with Gasteiger partial charge in [0.05, 0.1) is 41.7 Å². The molecule has 0 spiro atoms. The fourth-order valence-corrected chi connectivity index (χ4v) is 6.96. The number of benzene rings is 4. The number of halogens is 1. The first-order chi connectivity index (χ1) is 22.0. The highest BCUT2D eigenvalue weighted by atomic mass is 32.1. The van der Waals surface area contributed by atoms with Crippen LogP contribution in [0.2, 0.25) is 0 Å². The van der Waals surface area contributed by atoms with Crippen LogP contribution in [0.1, 0.15) is 35.2 Å². The van der Waals surface area contributed by atoms with Crippen LogP contribution in [0.15, 0.2) is 125 Å². The van der Waals surface area contributed by atoms with Gasteiger partial charge < -0.3 is 9.64 Å². The van der Waals surface area contributed by atoms with Gasteiger partial charge in [0.1, 0.15) is 10.3 Å². The Morgan fingerprint density at radius 1 is 0.889 bits per heavy atom. The van der Waals surface area contributed by atoms with Crippen LogP contribution in [0, 0.1) is 5.82 Å². The molecule has 0 fully saturated rings. The number of rotatable bonds is 6. The molecule has 0 bridgehead atoms. The molecule has 1 atom stereocenters. The van der Waals surface area contributed by atoms with Gasteiger partial charge in [-0.2, -0.15) is 0 Å². The number of hydrogen-bond acceptors (Lipinski definition) is 6. The molecule has 9 heteroatoms. The maximum atomic E-state index is 14.5. The molecular weight excluding hydrogens is 589 g/mol. The third kappa shape index (κ3) is 4.91. The fourth-order valence-electron chi connectivity index (χ4n) is 5.87. The molecule has 5 aromatic rings. The second kappa shape index (κ2) is 11.6. The Kier molecular flexibility index (Phi) is 7.31. The van der Waals surface area contributed by atoms with Crippen molar-refractivity contribution in [3.05, 3.63) is 163 Å². The number of fused-ring (bicyclic) bond motifs is 2. The fraction of sp³-hybridized carbons (Fsp3) is 0.111. The lowest BCUT2D eigenvalue weighted by atomic mass is 9.93. The van der Waals surface area contributed by atoms with E-state index in [1.807, 2.05) is 84.9 Å². The van der Waals surface area contributed by atoms with Crippen molar-refractivity contribution in [1.29, 1.82) is 0 Å². The van der Waals surface area contributed by atoms with Crippen molar-refractivity contribution in [2.24, 2.45) is 4.99 Å². The van der Waals surface area contributed by atoms with Crippen molar-refractivity contribution in [3.8, 4) is 0 Å². The molecule has 1 aromatic heterocycles. The van der Waals surface area contributed by atoms with Gasteiger partial charge in [0.15, 0.2) is 4.80 Å². The van der Waals surface area contributed by atoms with Crippen molar-refractivity contribution >= 4 is 40.2 Å². The Hall–Kier alpha value is -5.41. The van der Waals surface area contributed by atoms with Crippen molar-refractivity contribution in [1.82, 2.24) is 4.57 Å². The first-order valence-electron chi connectivity index (χ1n) is 14.5. The van der Waals surface area contributed by atoms with Gasteiger partial charge in [-0.25, -0.2) is 14.2 Å². The number of thiazole rings is 1. The van der Waals surface area contributed by atoms with Gasteiger partial charge in [0.2, 0.25) is 0 Å². The van der Waals surface area contributed by atoms with Crippen molar-refractivity contribution < 1.29 is 18.7 Å². The average Bonchev–Trinajstić information content (AvgIpc) is 3.53. The summed E-state index contributed by atoms with van der Waals surface area (Å²) in [5.41, 5.74) is 3.79. The first kappa shape index (κ1) is 28.4. The summed E-state index contributed by atoms with van der Waals surface area (Å²) in [6.07, 6.45) is 0. The van der Waals surface area contributed by atoms with Crippen LogP contribution in [0.25, 0.3) is 11.3 Å². The number of amides is 1. The van der Waals surface area contributed by atoms with E-state index in [2.05, 4.69) is 0 Å². The SMILES string of the molecule is CCOC(=O)C1=C(c2ccccc2)N=c2s/c(=C3\C(=O)N(Cc4ccccc4)c4ccccc43)c(=O)n2[C@H]1c1ccc(F)cc1. The molecule has 1 amide bonds. The molecule has 222 valence electrons. The second-order valence-corrected chi connectivity index (χ2v) is 11.6. The highest BCUT2D eigenvalue weighted by Gasteiger charge is 2.38. The van der Waals surface area contributed by atoms with Gasteiger partial charge in [-0.1, -0.05) is 102 Å². The van der Waals surface area contributed by atoms with Gasteiger partial charge in [0, 0.05) is 11.1 Å². The molecule has 0 unspecified atom stereocenters. The van der Waals surface area contributed by atoms with Crippen molar-refractivity contribution in [3.63, 3.8) is 0 Å². The number of carbonyl (C=O) groups excluding carboxylic acids is 2. The Balaban J connectivity index is 1.51. The molecule has 7 nitrogen and oxygen atoms in total. The smallest absolute Gasteiger partial charge is 0.338 e. The predicted octanol–water partition coefficient (Wildman–Crippen LogP) is 4.99. The molecule has 7 rings (SSSR count). The first-order valence-corrected chi connectivity index (χ1v) is 15.3. The summed E-state index contributed by atoms with van der Waals surface area (Å²) in [4.78, 5) is 49.2. The Bertz CT molecular complexity index is 2170. The third-order valence-electron chi connectivity index (χ3n) is 7.87. The van der Waals surface area contributed by atoms with Crippen LogP contribution in [0.3, 0.4) is 0 Å². The zero-order chi connectivity index (χ0) is 31.1. The van der Waals surface area contributed by atoms with Gasteiger partial charge >= 0.3 is 5.97 Å². The highest BCUT2D eigenvalue weighted by Crippen LogP contribution is 2.38. The summed E-state index contributed by atoms with van der Waals surface area (Å²) in [6.45, 7) is 2.15. The summed E-state index contributed by atoms with van der Waals surface area (Å²) in [5.74, 6) is -1.38. The topological polar surface area (TPSA) is 81.0 Å². The van der Waals surface area contributed by atoms with Crippen molar-refractivity contribution in [2.75, 3.05) is 11.5 Å². The maximum absolute atomic E-state index is 14.5. The predicted molar refractivity (Wildman–Crippen MR) is 170 cm³/mol. The normalized spacial score (nSPS) is 16.7. The van der Waals surface area contributed by atoms with Gasteiger partial charge in [-0.15, -0.1) is 0 Å². The largest absolute Gasteiger partial charge is 0.463 e. The lowest BCUT2D eigenvalue weighted by Gasteiger charge is -2.25. The minimum atomic E-state index is -0.974. The Morgan fingerprint density at radius 3 is 2.27 bits per heavy atom. The number of nitrogens with zero attached hydrogens (tertiary/aromatic N) is 3. The molecule has 0 saturated carbocycles. The third-order valence-corrected chi connectivity index (χ3v) is 8.92. The van der Waals surface area contributed by atoms with E-state index in [0.29, 0.717) is 39.4 Å². The summed E-state index contributed by atoms with van der Waals surface area (Å²) >= 11 is 1.10. The summed E-state index contributed by atoms with van der Waals surface area (Å²) < 4.78 is 21.2. The minimum absolute atomic E-state index is 0.109. The highest BCUT2D eigenvalue weighted by molar-refractivity contribution is 7.07. The molecule has 2 aliphatic heterocycles. The Labute approximate surface area is 261 Å². The van der Waals surface area contributed by atoms with E-state index in [1.54, 1.807) is 24.0 Å². The number of ether oxygens (including phenoxy) is 1. The van der Waals surface area contributed by atoms with E-state index in [9.17, 15) is 18.8 Å². The van der Waals surface area contributed by atoms with E-state index in [-0.39, 0.29) is 28.2 Å². The van der Waals surface area contributed by atoms with Crippen LogP contribution < -0.4 is 19.8 Å². The Morgan fingerprint density at radius 2 is 1.56 bits per heavy atom.